The fourth-order valence-corrected chi connectivity index (χ4v) is 11.5. The second kappa shape index (κ2) is 23.9. The van der Waals surface area contributed by atoms with Crippen molar-refractivity contribution in [3.8, 4) is 0 Å². The van der Waals surface area contributed by atoms with Gasteiger partial charge in [-0.1, -0.05) is 59.3 Å². The third kappa shape index (κ3) is 12.3. The van der Waals surface area contributed by atoms with E-state index >= 15 is 0 Å². The molecule has 60 heavy (non-hydrogen) atoms. The zero-order valence-corrected chi connectivity index (χ0v) is 37.6. The summed E-state index contributed by atoms with van der Waals surface area (Å²) in [7, 11) is 0. The quantitative estimate of drug-likeness (QED) is 0.0350. The highest BCUT2D eigenvalue weighted by molar-refractivity contribution is 5.52. The topological polar surface area (TPSA) is 120 Å². The third-order valence-electron chi connectivity index (χ3n) is 14.7. The molecular formula is C51H81N9. The van der Waals surface area contributed by atoms with Gasteiger partial charge in [-0.15, -0.1) is 0 Å². The van der Waals surface area contributed by atoms with Gasteiger partial charge in [0.05, 0.1) is 0 Å². The Kier molecular flexibility index (Phi) is 17.9. The van der Waals surface area contributed by atoms with Crippen LogP contribution in [-0.2, 0) is 58.5 Å². The fourth-order valence-electron chi connectivity index (χ4n) is 11.5. The van der Waals surface area contributed by atoms with Crippen LogP contribution in [-0.4, -0.2) is 52.7 Å². The minimum absolute atomic E-state index is 0.565. The molecule has 9 heteroatoms. The van der Waals surface area contributed by atoms with Crippen molar-refractivity contribution in [3.63, 3.8) is 0 Å². The van der Waals surface area contributed by atoms with E-state index in [1.54, 1.807) is 33.4 Å². The largest absolute Gasteiger partial charge is 0.364 e. The molecule has 0 bridgehead atoms. The molecule has 1 aromatic carbocycles. The summed E-state index contributed by atoms with van der Waals surface area (Å²) in [6.07, 6.45) is 25.1. The maximum Gasteiger partial charge on any atom is 0.0359 e. The minimum atomic E-state index is 0.565. The highest BCUT2D eigenvalue weighted by atomic mass is 15.0. The van der Waals surface area contributed by atoms with Crippen LogP contribution < -0.4 is 31.9 Å². The molecule has 0 unspecified atom stereocenters. The monoisotopic (exact) mass is 820 g/mol. The molecule has 4 aromatic rings. The summed E-state index contributed by atoms with van der Waals surface area (Å²) in [5, 5.41) is 24.1. The molecule has 3 aliphatic carbocycles. The molecule has 0 amide bonds. The Labute approximate surface area is 363 Å². The number of hydrogen-bond acceptors (Lipinski definition) is 6. The Balaban J connectivity index is 1.07. The van der Waals surface area contributed by atoms with Gasteiger partial charge in [0.15, 0.2) is 0 Å². The number of aromatic amines is 3. The van der Waals surface area contributed by atoms with Crippen LogP contribution in [0.15, 0.2) is 55.0 Å². The molecule has 0 saturated heterocycles. The summed E-state index contributed by atoms with van der Waals surface area (Å²) in [5.74, 6) is 1.97. The number of benzene rings is 1. The normalized spacial score (nSPS) is 23.6. The Hall–Kier alpha value is -3.18. The number of aromatic nitrogens is 3. The molecule has 3 heterocycles. The Morgan fingerprint density at radius 3 is 0.967 bits per heavy atom. The van der Waals surface area contributed by atoms with Gasteiger partial charge in [-0.2, -0.15) is 0 Å². The highest BCUT2D eigenvalue weighted by Crippen LogP contribution is 2.33. The van der Waals surface area contributed by atoms with Crippen molar-refractivity contribution in [2.24, 2.45) is 17.8 Å². The summed E-state index contributed by atoms with van der Waals surface area (Å²) in [4.78, 5) is 10.2. The molecule has 3 fully saturated rings. The molecule has 3 aliphatic rings. The van der Waals surface area contributed by atoms with Crippen molar-refractivity contribution >= 4 is 0 Å². The van der Waals surface area contributed by atoms with Gasteiger partial charge in [0.25, 0.3) is 0 Å². The third-order valence-corrected chi connectivity index (χ3v) is 14.7. The van der Waals surface area contributed by atoms with E-state index in [0.29, 0.717) is 35.9 Å². The first kappa shape index (κ1) is 44.9. The molecule has 3 aromatic heterocycles. The maximum absolute atomic E-state index is 4.10. The van der Waals surface area contributed by atoms with E-state index in [1.165, 1.54) is 94.1 Å². The average molecular weight is 820 g/mol. The zero-order chi connectivity index (χ0) is 41.4. The van der Waals surface area contributed by atoms with Gasteiger partial charge >= 0.3 is 0 Å². The average Bonchev–Trinajstić information content (AvgIpc) is 4.11. The molecule has 6 atom stereocenters. The fraction of sp³-hybridized carbons (Fsp3) is 0.647. The smallest absolute Gasteiger partial charge is 0.0359 e. The van der Waals surface area contributed by atoms with Crippen molar-refractivity contribution in [1.82, 2.24) is 46.9 Å². The van der Waals surface area contributed by atoms with Crippen molar-refractivity contribution < 1.29 is 0 Å². The number of H-pyrrole nitrogens is 3. The summed E-state index contributed by atoms with van der Waals surface area (Å²) in [6, 6.07) is 14.6. The molecule has 0 aliphatic heterocycles. The summed E-state index contributed by atoms with van der Waals surface area (Å²) in [5.41, 5.74) is 13.4. The van der Waals surface area contributed by atoms with Gasteiger partial charge in [-0.3, -0.25) is 0 Å². The van der Waals surface area contributed by atoms with E-state index in [2.05, 4.69) is 104 Å². The van der Waals surface area contributed by atoms with Crippen LogP contribution in [0, 0.1) is 17.8 Å². The number of nitrogens with one attached hydrogen (secondary N) is 9. The zero-order valence-electron chi connectivity index (χ0n) is 37.6. The molecule has 0 radical (unpaired) electrons. The summed E-state index contributed by atoms with van der Waals surface area (Å²) >= 11 is 0. The minimum Gasteiger partial charge on any atom is -0.364 e. The molecular weight excluding hydrogens is 739 g/mol. The van der Waals surface area contributed by atoms with Crippen LogP contribution in [0.4, 0.5) is 0 Å². The van der Waals surface area contributed by atoms with E-state index in [4.69, 9.17) is 0 Å². The lowest BCUT2D eigenvalue weighted by molar-refractivity contribution is 0.251. The van der Waals surface area contributed by atoms with Gasteiger partial charge < -0.3 is 46.9 Å². The second-order valence-corrected chi connectivity index (χ2v) is 18.5. The van der Waals surface area contributed by atoms with E-state index in [0.717, 1.165) is 78.2 Å². The van der Waals surface area contributed by atoms with Gasteiger partial charge in [0, 0.05) is 93.1 Å². The van der Waals surface area contributed by atoms with Crippen LogP contribution in [0.1, 0.15) is 148 Å². The van der Waals surface area contributed by atoms with Crippen LogP contribution in [0.3, 0.4) is 0 Å². The SMILES string of the molecule is CCc1c(CNC[C@H]2CCCC[C@@H]2NCc2ccc[nH]2)c(CC)c(CNC[C@H]2CCCC[C@@H]2NCc2ccc[nH]2)c(CC)c1CNC[C@H]1CCCC[C@@H]1NCc1ccc[nH]1. The first-order chi connectivity index (χ1) is 29.6. The van der Waals surface area contributed by atoms with E-state index in [-0.39, 0.29) is 0 Å². The predicted molar refractivity (Wildman–Crippen MR) is 250 cm³/mol. The number of hydrogen-bond donors (Lipinski definition) is 9. The molecule has 7 rings (SSSR count). The highest BCUT2D eigenvalue weighted by Gasteiger charge is 2.29. The lowest BCUT2D eigenvalue weighted by atomic mass is 9.81. The van der Waals surface area contributed by atoms with Crippen molar-refractivity contribution in [2.75, 3.05) is 19.6 Å². The lowest BCUT2D eigenvalue weighted by Crippen LogP contribution is -2.43. The van der Waals surface area contributed by atoms with Gasteiger partial charge in [0.2, 0.25) is 0 Å². The van der Waals surface area contributed by atoms with Crippen LogP contribution in [0.5, 0.6) is 0 Å². The molecule has 9 N–H and O–H groups in total. The van der Waals surface area contributed by atoms with Crippen LogP contribution in [0.25, 0.3) is 0 Å². The van der Waals surface area contributed by atoms with Gasteiger partial charge in [-0.05, 0) is 165 Å². The van der Waals surface area contributed by atoms with E-state index in [9.17, 15) is 0 Å². The summed E-state index contributed by atoms with van der Waals surface area (Å²) < 4.78 is 0. The van der Waals surface area contributed by atoms with E-state index < -0.39 is 0 Å². The molecule has 0 spiro atoms. The summed E-state index contributed by atoms with van der Waals surface area (Å²) in [6.45, 7) is 16.1. The predicted octanol–water partition coefficient (Wildman–Crippen LogP) is 8.67. The van der Waals surface area contributed by atoms with Crippen LogP contribution in [0.2, 0.25) is 0 Å². The molecule has 9 nitrogen and oxygen atoms in total. The van der Waals surface area contributed by atoms with Crippen molar-refractivity contribution in [3.05, 3.63) is 105 Å². The maximum atomic E-state index is 4.10. The Morgan fingerprint density at radius 2 is 0.700 bits per heavy atom. The molecule has 330 valence electrons. The molecule has 3 saturated carbocycles. The van der Waals surface area contributed by atoms with Crippen molar-refractivity contribution in [1.29, 1.82) is 0 Å². The first-order valence-electron chi connectivity index (χ1n) is 24.5. The second-order valence-electron chi connectivity index (χ2n) is 18.5. The van der Waals surface area contributed by atoms with Gasteiger partial charge in [-0.25, -0.2) is 0 Å². The first-order valence-corrected chi connectivity index (χ1v) is 24.5. The number of rotatable bonds is 24. The van der Waals surface area contributed by atoms with E-state index in [1.807, 2.05) is 18.6 Å². The lowest BCUT2D eigenvalue weighted by Gasteiger charge is -2.34. The van der Waals surface area contributed by atoms with Gasteiger partial charge in [0.1, 0.15) is 0 Å². The Bertz CT molecular complexity index is 1540. The standard InChI is InChI=1S/C51H81N9/c1-4-43-46(34-52-28-37-16-7-10-22-49(37)58-31-40-19-13-25-55-40)44(5-2)48(36-54-30-39-18-9-12-24-51(39)60-33-42-21-15-27-57-42)45(6-3)47(43)35-53-29-38-17-8-11-23-50(38)59-32-41-20-14-26-56-41/h13-15,19-21,25-27,37-39,49-60H,4-12,16-18,22-24,28-36H2,1-3H3/t37-,38-,39-,49+,50+,51+/m1/s1. The Morgan fingerprint density at radius 1 is 0.400 bits per heavy atom. The van der Waals surface area contributed by atoms with Crippen molar-refractivity contribution in [2.45, 2.75) is 174 Å². The van der Waals surface area contributed by atoms with Crippen LogP contribution >= 0.6 is 0 Å².